The van der Waals surface area contributed by atoms with Gasteiger partial charge in [0.05, 0.1) is 0 Å². The molecule has 1 saturated heterocycles. The molecule has 2 heterocycles. The Morgan fingerprint density at radius 1 is 1.00 bits per heavy atom. The monoisotopic (exact) mass is 534 g/mol. The first-order chi connectivity index (χ1) is 17.4. The van der Waals surface area contributed by atoms with Crippen molar-refractivity contribution >= 4 is 36.0 Å². The molecule has 5 atom stereocenters. The Balaban J connectivity index is 2.15. The van der Waals surface area contributed by atoms with Gasteiger partial charge in [-0.05, 0) is 19.1 Å². The Hall–Kier alpha value is -3.58. The van der Waals surface area contributed by atoms with Crippen molar-refractivity contribution in [3.05, 3.63) is 34.6 Å². The van der Waals surface area contributed by atoms with E-state index >= 15 is 0 Å². The average Bonchev–Trinajstić information content (AvgIpc) is 3.09. The van der Waals surface area contributed by atoms with Crippen molar-refractivity contribution in [2.75, 3.05) is 6.61 Å². The van der Waals surface area contributed by atoms with Crippen LogP contribution in [0.15, 0.2) is 24.3 Å². The molecule has 0 spiro atoms. The van der Waals surface area contributed by atoms with E-state index in [0.29, 0.717) is 5.82 Å². The maximum Gasteiger partial charge on any atom is 0.303 e. The number of nitrogens with one attached hydrogen (secondary N) is 1. The van der Waals surface area contributed by atoms with Gasteiger partial charge in [0.1, 0.15) is 18.8 Å². The molecule has 1 aromatic heterocycles. The fourth-order valence-electron chi connectivity index (χ4n) is 4.09. The molecule has 0 unspecified atom stereocenters. The minimum atomic E-state index is -1.21. The zero-order valence-electron chi connectivity index (χ0n) is 21.4. The second kappa shape index (κ2) is 11.6. The zero-order chi connectivity index (χ0) is 27.4. The number of benzene rings is 1. The van der Waals surface area contributed by atoms with Crippen molar-refractivity contribution in [3.8, 4) is 11.4 Å². The molecule has 0 aliphatic carbocycles. The molecule has 37 heavy (non-hydrogen) atoms. The fraction of sp³-hybridized carbons (Fsp3) is 0.500. The van der Waals surface area contributed by atoms with Gasteiger partial charge in [-0.3, -0.25) is 19.2 Å². The number of hydrogen-bond donors (Lipinski definition) is 1. The zero-order valence-corrected chi connectivity index (χ0v) is 22.2. The van der Waals surface area contributed by atoms with Gasteiger partial charge in [-0.25, -0.2) is 4.68 Å². The molecule has 1 aliphatic rings. The molecule has 1 amide bonds. The van der Waals surface area contributed by atoms with Crippen LogP contribution in [0.5, 0.6) is 0 Å². The highest BCUT2D eigenvalue weighted by Crippen LogP contribution is 2.33. The first kappa shape index (κ1) is 28.0. The lowest BCUT2D eigenvalue weighted by atomic mass is 9.95. The number of carbonyl (C=O) groups is 4. The van der Waals surface area contributed by atoms with Crippen LogP contribution < -0.4 is 5.32 Å². The molecular weight excluding hydrogens is 504 g/mol. The summed E-state index contributed by atoms with van der Waals surface area (Å²) in [5, 5.41) is 7.38. The van der Waals surface area contributed by atoms with Gasteiger partial charge in [0.25, 0.3) is 0 Å². The van der Waals surface area contributed by atoms with Crippen LogP contribution in [0.3, 0.4) is 0 Å². The fourth-order valence-corrected chi connectivity index (χ4v) is 4.32. The maximum atomic E-state index is 12.2. The molecule has 3 rings (SSSR count). The summed E-state index contributed by atoms with van der Waals surface area (Å²) in [7, 11) is 1.73. The van der Waals surface area contributed by atoms with Crippen LogP contribution in [0, 0.1) is 11.7 Å². The van der Waals surface area contributed by atoms with Gasteiger partial charge in [-0.15, -0.1) is 5.10 Å². The molecule has 0 radical (unpaired) electrons. The second-order valence-electron chi connectivity index (χ2n) is 8.72. The first-order valence-electron chi connectivity index (χ1n) is 11.5. The largest absolute Gasteiger partial charge is 0.463 e. The second-order valence-corrected chi connectivity index (χ2v) is 9.08. The molecular formula is C24H30N4O8S. The summed E-state index contributed by atoms with van der Waals surface area (Å²) < 4.78 is 25.7. The maximum absolute atomic E-state index is 12.2. The number of hydrogen-bond acceptors (Lipinski definition) is 10. The lowest BCUT2D eigenvalue weighted by Crippen LogP contribution is -2.64. The molecule has 2 aromatic rings. The molecule has 0 saturated carbocycles. The van der Waals surface area contributed by atoms with Crippen LogP contribution in [-0.2, 0) is 45.2 Å². The quantitative estimate of drug-likeness (QED) is 0.317. The van der Waals surface area contributed by atoms with E-state index in [1.807, 2.05) is 31.2 Å². The average molecular weight is 535 g/mol. The van der Waals surface area contributed by atoms with Crippen molar-refractivity contribution in [1.82, 2.24) is 19.7 Å². The third-order valence-corrected chi connectivity index (χ3v) is 6.11. The smallest absolute Gasteiger partial charge is 0.303 e. The molecule has 1 aliphatic heterocycles. The van der Waals surface area contributed by atoms with Crippen LogP contribution in [-0.4, -0.2) is 69.1 Å². The van der Waals surface area contributed by atoms with E-state index in [2.05, 4.69) is 10.4 Å². The van der Waals surface area contributed by atoms with Gasteiger partial charge in [0, 0.05) is 40.3 Å². The molecule has 13 heteroatoms. The highest BCUT2D eigenvalue weighted by atomic mass is 32.1. The van der Waals surface area contributed by atoms with Gasteiger partial charge >= 0.3 is 17.9 Å². The van der Waals surface area contributed by atoms with E-state index in [9.17, 15) is 19.2 Å². The van der Waals surface area contributed by atoms with Gasteiger partial charge in [-0.1, -0.05) is 29.8 Å². The van der Waals surface area contributed by atoms with E-state index in [1.165, 1.54) is 32.4 Å². The summed E-state index contributed by atoms with van der Waals surface area (Å²) in [6.07, 6.45) is -4.60. The molecule has 12 nitrogen and oxygen atoms in total. The third kappa shape index (κ3) is 6.60. The van der Waals surface area contributed by atoms with Crippen LogP contribution in [0.25, 0.3) is 11.4 Å². The summed E-state index contributed by atoms with van der Waals surface area (Å²) in [5.41, 5.74) is 1.86. The standard InChI is InChI=1S/C24H30N4O8S/c1-12-7-9-17(10-8-12)22-26-28(24(37)27(22)6)23-19(25-13(2)29)21(35-16(5)32)20(34-15(4)31)18(36-23)11-33-14(3)30/h7-10,18-21,23H,11H2,1-6H3,(H,25,29)/t18-,19-,20-,21-,23-/m1/s1. The topological polar surface area (TPSA) is 140 Å². The van der Waals surface area contributed by atoms with Crippen molar-refractivity contribution in [3.63, 3.8) is 0 Å². The van der Waals surface area contributed by atoms with E-state index < -0.39 is 54.4 Å². The van der Waals surface area contributed by atoms with Gasteiger partial charge in [0.15, 0.2) is 29.0 Å². The van der Waals surface area contributed by atoms with Crippen LogP contribution in [0.4, 0.5) is 0 Å². The number of ether oxygens (including phenoxy) is 4. The number of esters is 3. The lowest BCUT2D eigenvalue weighted by Gasteiger charge is -2.45. The van der Waals surface area contributed by atoms with Crippen LogP contribution in [0.1, 0.15) is 39.5 Å². The lowest BCUT2D eigenvalue weighted by molar-refractivity contribution is -0.239. The molecule has 0 bridgehead atoms. The van der Waals surface area contributed by atoms with Crippen molar-refractivity contribution < 1.29 is 38.1 Å². The Morgan fingerprint density at radius 2 is 1.59 bits per heavy atom. The summed E-state index contributed by atoms with van der Waals surface area (Å²) in [6.45, 7) is 6.50. The number of rotatable bonds is 7. The van der Waals surface area contributed by atoms with E-state index in [1.54, 1.807) is 11.6 Å². The van der Waals surface area contributed by atoms with Crippen molar-refractivity contribution in [2.24, 2.45) is 7.05 Å². The Kier molecular flexibility index (Phi) is 8.81. The number of carbonyl (C=O) groups excluding carboxylic acids is 4. The van der Waals surface area contributed by atoms with E-state index in [0.717, 1.165) is 11.1 Å². The summed E-state index contributed by atoms with van der Waals surface area (Å²) in [5.74, 6) is -1.90. The Morgan fingerprint density at radius 3 is 2.14 bits per heavy atom. The number of nitrogens with zero attached hydrogens (tertiary/aromatic N) is 3. The third-order valence-electron chi connectivity index (χ3n) is 5.64. The summed E-state index contributed by atoms with van der Waals surface area (Å²) in [4.78, 5) is 47.8. The van der Waals surface area contributed by atoms with Gasteiger partial charge < -0.3 is 28.8 Å². The highest BCUT2D eigenvalue weighted by molar-refractivity contribution is 7.71. The van der Waals surface area contributed by atoms with Gasteiger partial charge in [0.2, 0.25) is 5.91 Å². The first-order valence-corrected chi connectivity index (χ1v) is 11.9. The van der Waals surface area contributed by atoms with Crippen LogP contribution in [0.2, 0.25) is 0 Å². The minimum Gasteiger partial charge on any atom is -0.463 e. The summed E-state index contributed by atoms with van der Waals surface area (Å²) >= 11 is 5.65. The Bertz CT molecular complexity index is 1240. The number of aryl methyl sites for hydroxylation is 1. The van der Waals surface area contributed by atoms with E-state index in [4.69, 9.17) is 31.2 Å². The number of aromatic nitrogens is 3. The predicted molar refractivity (Wildman–Crippen MR) is 131 cm³/mol. The van der Waals surface area contributed by atoms with Crippen molar-refractivity contribution in [2.45, 2.75) is 65.2 Å². The van der Waals surface area contributed by atoms with Crippen molar-refractivity contribution in [1.29, 1.82) is 0 Å². The normalized spacial score (nSPS) is 23.1. The van der Waals surface area contributed by atoms with Gasteiger partial charge in [-0.2, -0.15) is 0 Å². The van der Waals surface area contributed by atoms with Crippen LogP contribution >= 0.6 is 12.2 Å². The van der Waals surface area contributed by atoms with E-state index in [-0.39, 0.29) is 11.4 Å². The molecule has 1 fully saturated rings. The molecule has 1 aromatic carbocycles. The predicted octanol–water partition coefficient (Wildman–Crippen LogP) is 1.76. The minimum absolute atomic E-state index is 0.245. The molecule has 200 valence electrons. The highest BCUT2D eigenvalue weighted by Gasteiger charge is 2.52. The molecule has 1 N–H and O–H groups in total. The SMILES string of the molecule is CC(=O)N[C@@H]1[C@@H](OC(C)=O)[C@H](OC(C)=O)[C@@H](COC(C)=O)O[C@H]1n1nc(-c2ccc(C)cc2)n(C)c1=S. The summed E-state index contributed by atoms with van der Waals surface area (Å²) in [6, 6.07) is 6.60. The number of amides is 1. The Labute approximate surface area is 218 Å².